The highest BCUT2D eigenvalue weighted by molar-refractivity contribution is 7.99. The number of carbonyl (C=O) groups excluding carboxylic acids is 1. The molecular weight excluding hydrogens is 366 g/mol. The highest BCUT2D eigenvalue weighted by atomic mass is 32.2. The van der Waals surface area contributed by atoms with Gasteiger partial charge in [0.25, 0.3) is 5.91 Å². The molecule has 2 N–H and O–H groups in total. The molecule has 0 aliphatic rings. The van der Waals surface area contributed by atoms with Gasteiger partial charge in [-0.1, -0.05) is 48.7 Å². The molecule has 1 amide bonds. The van der Waals surface area contributed by atoms with E-state index in [0.717, 1.165) is 32.1 Å². The molecule has 0 unspecified atom stereocenters. The van der Waals surface area contributed by atoms with Gasteiger partial charge in [0.2, 0.25) is 0 Å². The Bertz CT molecular complexity index is 1010. The summed E-state index contributed by atoms with van der Waals surface area (Å²) in [5.41, 5.74) is 4.64. The number of aromatic hydroxyl groups is 1. The number of phenols is 1. The van der Waals surface area contributed by atoms with Crippen LogP contribution < -0.4 is 5.32 Å². The zero-order valence-electron chi connectivity index (χ0n) is 16.0. The lowest BCUT2D eigenvalue weighted by Gasteiger charge is -2.14. The van der Waals surface area contributed by atoms with E-state index in [1.54, 1.807) is 23.9 Å². The number of hydrogen-bond donors (Lipinski definition) is 2. The molecule has 3 nitrogen and oxygen atoms in total. The van der Waals surface area contributed by atoms with Crippen molar-refractivity contribution in [3.05, 3.63) is 95.6 Å². The van der Waals surface area contributed by atoms with Crippen molar-refractivity contribution >= 4 is 23.2 Å². The van der Waals surface area contributed by atoms with Crippen LogP contribution in [0.5, 0.6) is 5.75 Å². The minimum atomic E-state index is -0.0525. The molecule has 0 radical (unpaired) electrons. The van der Waals surface area contributed by atoms with E-state index in [0.29, 0.717) is 12.1 Å². The van der Waals surface area contributed by atoms with Crippen LogP contribution in [-0.4, -0.2) is 17.6 Å². The Hall–Kier alpha value is -2.98. The van der Waals surface area contributed by atoms with Crippen LogP contribution in [0.3, 0.4) is 0 Å². The van der Waals surface area contributed by atoms with Gasteiger partial charge in [0.15, 0.2) is 0 Å². The Morgan fingerprint density at radius 3 is 2.36 bits per heavy atom. The quantitative estimate of drug-likeness (QED) is 0.572. The minimum absolute atomic E-state index is 0.0525. The summed E-state index contributed by atoms with van der Waals surface area (Å²) in [6.07, 6.45) is 0. The molecule has 3 rings (SSSR count). The van der Waals surface area contributed by atoms with Crippen LogP contribution in [-0.2, 0) is 0 Å². The molecule has 28 heavy (non-hydrogen) atoms. The van der Waals surface area contributed by atoms with Crippen LogP contribution in [0.1, 0.15) is 34.0 Å². The lowest BCUT2D eigenvalue weighted by molar-refractivity contribution is 0.0955. The van der Waals surface area contributed by atoms with Crippen LogP contribution in [0, 0.1) is 6.92 Å². The number of nitrogens with one attached hydrogen (secondary N) is 1. The highest BCUT2D eigenvalue weighted by Crippen LogP contribution is 2.37. The molecule has 0 heterocycles. The second-order valence-corrected chi connectivity index (χ2v) is 7.55. The van der Waals surface area contributed by atoms with Gasteiger partial charge >= 0.3 is 0 Å². The van der Waals surface area contributed by atoms with Gasteiger partial charge in [-0.05, 0) is 72.5 Å². The largest absolute Gasteiger partial charge is 0.508 e. The first-order valence-corrected chi connectivity index (χ1v) is 9.95. The normalized spacial score (nSPS) is 10.5. The van der Waals surface area contributed by atoms with Crippen molar-refractivity contribution in [2.24, 2.45) is 0 Å². The average molecular weight is 390 g/mol. The SMILES string of the molecule is C=C(c1ccc(O)cc1)c1ccccc1Sc1ccc(C(=O)NCC)cc1C. The van der Waals surface area contributed by atoms with Gasteiger partial charge in [-0.3, -0.25) is 4.79 Å². The van der Waals surface area contributed by atoms with Crippen molar-refractivity contribution in [2.75, 3.05) is 6.54 Å². The Balaban J connectivity index is 1.89. The molecule has 0 spiro atoms. The van der Waals surface area contributed by atoms with Crippen molar-refractivity contribution in [3.8, 4) is 5.75 Å². The lowest BCUT2D eigenvalue weighted by atomic mass is 9.99. The summed E-state index contributed by atoms with van der Waals surface area (Å²) >= 11 is 1.66. The smallest absolute Gasteiger partial charge is 0.251 e. The lowest BCUT2D eigenvalue weighted by Crippen LogP contribution is -2.22. The van der Waals surface area contributed by atoms with E-state index >= 15 is 0 Å². The summed E-state index contributed by atoms with van der Waals surface area (Å²) in [4.78, 5) is 14.2. The first kappa shape index (κ1) is 19.8. The van der Waals surface area contributed by atoms with E-state index in [9.17, 15) is 9.90 Å². The van der Waals surface area contributed by atoms with Crippen molar-refractivity contribution in [1.29, 1.82) is 0 Å². The van der Waals surface area contributed by atoms with E-state index in [2.05, 4.69) is 24.0 Å². The Labute approximate surface area is 170 Å². The standard InChI is InChI=1S/C24H23NO2S/c1-4-25-24(27)19-11-14-22(16(2)15-19)28-23-8-6-5-7-21(23)17(3)18-9-12-20(26)13-10-18/h5-15,26H,3-4H2,1-2H3,(H,25,27). The molecule has 0 saturated carbocycles. The van der Waals surface area contributed by atoms with E-state index in [4.69, 9.17) is 0 Å². The third-order valence-electron chi connectivity index (χ3n) is 4.42. The first-order valence-electron chi connectivity index (χ1n) is 9.14. The summed E-state index contributed by atoms with van der Waals surface area (Å²) < 4.78 is 0. The summed E-state index contributed by atoms with van der Waals surface area (Å²) in [6.45, 7) is 8.80. The maximum Gasteiger partial charge on any atom is 0.251 e. The Morgan fingerprint density at radius 1 is 1.00 bits per heavy atom. The molecule has 0 fully saturated rings. The van der Waals surface area contributed by atoms with Crippen LogP contribution in [0.4, 0.5) is 0 Å². The fraction of sp³-hybridized carbons (Fsp3) is 0.125. The van der Waals surface area contributed by atoms with Gasteiger partial charge in [-0.25, -0.2) is 0 Å². The summed E-state index contributed by atoms with van der Waals surface area (Å²) in [5.74, 6) is 0.185. The zero-order valence-corrected chi connectivity index (χ0v) is 16.8. The maximum absolute atomic E-state index is 12.0. The molecule has 4 heteroatoms. The first-order chi connectivity index (χ1) is 13.5. The molecule has 0 aromatic heterocycles. The highest BCUT2D eigenvalue weighted by Gasteiger charge is 2.12. The predicted octanol–water partition coefficient (Wildman–Crippen LogP) is 5.66. The van der Waals surface area contributed by atoms with E-state index in [1.165, 1.54) is 0 Å². The molecular formula is C24H23NO2S. The molecule has 0 saturated heterocycles. The molecule has 142 valence electrons. The summed E-state index contributed by atoms with van der Waals surface area (Å²) in [5, 5.41) is 12.4. The molecule has 0 atom stereocenters. The number of amides is 1. The number of benzene rings is 3. The predicted molar refractivity (Wildman–Crippen MR) is 116 cm³/mol. The molecule has 0 bridgehead atoms. The van der Waals surface area contributed by atoms with Crippen LogP contribution in [0.15, 0.2) is 83.1 Å². The Kier molecular flexibility index (Phi) is 6.22. The Morgan fingerprint density at radius 2 is 1.68 bits per heavy atom. The third kappa shape index (κ3) is 4.46. The van der Waals surface area contributed by atoms with Gasteiger partial charge in [0.1, 0.15) is 5.75 Å². The number of hydrogen-bond acceptors (Lipinski definition) is 3. The van der Waals surface area contributed by atoms with Crippen LogP contribution >= 0.6 is 11.8 Å². The third-order valence-corrected chi connectivity index (χ3v) is 5.68. The minimum Gasteiger partial charge on any atom is -0.508 e. The average Bonchev–Trinajstić information content (AvgIpc) is 2.70. The molecule has 3 aromatic carbocycles. The van der Waals surface area contributed by atoms with E-state index in [-0.39, 0.29) is 11.7 Å². The molecule has 3 aromatic rings. The van der Waals surface area contributed by atoms with E-state index < -0.39 is 0 Å². The van der Waals surface area contributed by atoms with Gasteiger partial charge in [0.05, 0.1) is 0 Å². The van der Waals surface area contributed by atoms with Crippen molar-refractivity contribution in [1.82, 2.24) is 5.32 Å². The second kappa shape index (κ2) is 8.81. The van der Waals surface area contributed by atoms with Crippen molar-refractivity contribution in [3.63, 3.8) is 0 Å². The summed E-state index contributed by atoms with van der Waals surface area (Å²) in [6, 6.07) is 21.0. The van der Waals surface area contributed by atoms with Gasteiger partial charge in [-0.2, -0.15) is 0 Å². The topological polar surface area (TPSA) is 49.3 Å². The van der Waals surface area contributed by atoms with Crippen molar-refractivity contribution < 1.29 is 9.90 Å². The van der Waals surface area contributed by atoms with E-state index in [1.807, 2.05) is 56.3 Å². The van der Waals surface area contributed by atoms with Gasteiger partial charge in [-0.15, -0.1) is 0 Å². The van der Waals surface area contributed by atoms with Crippen molar-refractivity contribution in [2.45, 2.75) is 23.6 Å². The van der Waals surface area contributed by atoms with Crippen LogP contribution in [0.25, 0.3) is 5.57 Å². The van der Waals surface area contributed by atoms with Crippen LogP contribution in [0.2, 0.25) is 0 Å². The van der Waals surface area contributed by atoms with Gasteiger partial charge in [0, 0.05) is 21.9 Å². The number of phenolic OH excluding ortho intramolecular Hbond substituents is 1. The fourth-order valence-corrected chi connectivity index (χ4v) is 3.95. The number of carbonyl (C=O) groups is 1. The fourth-order valence-electron chi connectivity index (χ4n) is 2.91. The van der Waals surface area contributed by atoms with Gasteiger partial charge < -0.3 is 10.4 Å². The summed E-state index contributed by atoms with van der Waals surface area (Å²) in [7, 11) is 0. The monoisotopic (exact) mass is 389 g/mol. The number of rotatable bonds is 6. The molecule has 0 aliphatic carbocycles. The maximum atomic E-state index is 12.0. The molecule has 0 aliphatic heterocycles. The second-order valence-electron chi connectivity index (χ2n) is 6.46. The zero-order chi connectivity index (χ0) is 20.1. The number of aryl methyl sites for hydroxylation is 1.